The van der Waals surface area contributed by atoms with E-state index in [9.17, 15) is 9.59 Å². The van der Waals surface area contributed by atoms with Crippen molar-refractivity contribution in [1.82, 2.24) is 15.2 Å². The van der Waals surface area contributed by atoms with Crippen molar-refractivity contribution in [2.75, 3.05) is 31.3 Å². The van der Waals surface area contributed by atoms with Crippen LogP contribution < -0.4 is 10.4 Å². The van der Waals surface area contributed by atoms with Gasteiger partial charge in [0.2, 0.25) is 0 Å². The van der Waals surface area contributed by atoms with Gasteiger partial charge in [-0.2, -0.15) is 0 Å². The molecule has 2 heterocycles. The lowest BCUT2D eigenvalue weighted by Gasteiger charge is -2.39. The molecule has 2 aliphatic carbocycles. The van der Waals surface area contributed by atoms with Crippen LogP contribution in [0.2, 0.25) is 0 Å². The van der Waals surface area contributed by atoms with E-state index in [4.69, 9.17) is 0 Å². The van der Waals surface area contributed by atoms with Gasteiger partial charge in [-0.1, -0.05) is 90.9 Å². The van der Waals surface area contributed by atoms with E-state index in [1.54, 1.807) is 12.1 Å². The number of nitrogens with one attached hydrogen (secondary N) is 2. The Kier molecular flexibility index (Phi) is 11.4. The van der Waals surface area contributed by atoms with Crippen LogP contribution in [0.25, 0.3) is 11.6 Å². The minimum atomic E-state index is -0.651. The minimum Gasteiger partial charge on any atom is -0.358 e. The zero-order chi connectivity index (χ0) is 34.0. The van der Waals surface area contributed by atoms with Gasteiger partial charge < -0.3 is 15.2 Å². The second kappa shape index (κ2) is 15.1. The molecule has 3 aliphatic rings. The third-order valence-electron chi connectivity index (χ3n) is 11.8. The number of rotatable bonds is 11. The van der Waals surface area contributed by atoms with Crippen molar-refractivity contribution in [3.05, 3.63) is 52.3 Å². The molecule has 6 unspecified atom stereocenters. The van der Waals surface area contributed by atoms with Crippen molar-refractivity contribution >= 4 is 29.2 Å². The summed E-state index contributed by atoms with van der Waals surface area (Å²) < 4.78 is 15.3. The van der Waals surface area contributed by atoms with Gasteiger partial charge in [0.25, 0.3) is 11.8 Å². The first kappa shape index (κ1) is 35.4. The first-order chi connectivity index (χ1) is 22.5. The normalized spacial score (nSPS) is 27.4. The first-order valence-electron chi connectivity index (χ1n) is 18.5. The topological polar surface area (TPSA) is 68.4 Å². The van der Waals surface area contributed by atoms with E-state index in [0.29, 0.717) is 53.2 Å². The Morgan fingerprint density at radius 1 is 0.979 bits per heavy atom. The van der Waals surface area contributed by atoms with E-state index in [-0.39, 0.29) is 28.6 Å². The largest absolute Gasteiger partial charge is 0.358 e. The highest BCUT2D eigenvalue weighted by molar-refractivity contribution is 6.35. The van der Waals surface area contributed by atoms with Gasteiger partial charge in [-0.05, 0) is 97.9 Å². The van der Waals surface area contributed by atoms with Crippen LogP contribution >= 0.6 is 0 Å². The summed E-state index contributed by atoms with van der Waals surface area (Å²) in [7, 11) is 0. The molecule has 5 rings (SSSR count). The van der Waals surface area contributed by atoms with Crippen LogP contribution in [0.1, 0.15) is 139 Å². The lowest BCUT2D eigenvalue weighted by molar-refractivity contribution is -0.115. The molecular weight excluding hydrogens is 587 g/mol. The fourth-order valence-electron chi connectivity index (χ4n) is 9.09. The van der Waals surface area contributed by atoms with E-state index < -0.39 is 5.91 Å². The van der Waals surface area contributed by atoms with Gasteiger partial charge in [0, 0.05) is 36.0 Å². The smallest absolute Gasteiger partial charge is 0.287 e. The summed E-state index contributed by atoms with van der Waals surface area (Å²) in [4.78, 5) is 34.3. The second-order valence-electron chi connectivity index (χ2n) is 15.6. The monoisotopic (exact) mass is 646 g/mol. The van der Waals surface area contributed by atoms with Crippen molar-refractivity contribution in [1.29, 1.82) is 0 Å². The maximum absolute atomic E-state index is 15.3. The Balaban J connectivity index is 1.74. The highest BCUT2D eigenvalue weighted by Crippen LogP contribution is 2.51. The molecule has 6 atom stereocenters. The van der Waals surface area contributed by atoms with Crippen LogP contribution in [0.4, 0.5) is 10.2 Å². The molecule has 2 saturated carbocycles. The van der Waals surface area contributed by atoms with Gasteiger partial charge in [0.15, 0.2) is 0 Å². The predicted molar refractivity (Wildman–Crippen MR) is 192 cm³/mol. The Hall–Kier alpha value is -2.93. The van der Waals surface area contributed by atoms with Crippen molar-refractivity contribution in [2.24, 2.45) is 35.5 Å². The summed E-state index contributed by atoms with van der Waals surface area (Å²) in [5.41, 5.74) is 4.88. The van der Waals surface area contributed by atoms with E-state index in [1.807, 2.05) is 18.2 Å². The van der Waals surface area contributed by atoms with Crippen LogP contribution in [-0.4, -0.2) is 47.9 Å². The maximum atomic E-state index is 15.3. The number of carbonyl (C=O) groups is 2. The van der Waals surface area contributed by atoms with E-state index >= 15 is 4.48 Å². The van der Waals surface area contributed by atoms with Crippen LogP contribution in [0, 0.1) is 35.5 Å². The molecule has 258 valence electrons. The third kappa shape index (κ3) is 7.25. The lowest BCUT2D eigenvalue weighted by Crippen LogP contribution is -2.36. The van der Waals surface area contributed by atoms with Crippen LogP contribution in [0.5, 0.6) is 0 Å². The van der Waals surface area contributed by atoms with Gasteiger partial charge in [-0.3, -0.25) is 9.59 Å². The average Bonchev–Trinajstić information content (AvgIpc) is 3.54. The van der Waals surface area contributed by atoms with Gasteiger partial charge in [0.05, 0.1) is 16.8 Å². The maximum Gasteiger partial charge on any atom is 0.287 e. The molecule has 0 radical (unpaired) electrons. The molecule has 1 aromatic heterocycles. The molecule has 2 N–H and O–H groups in total. The number of carbonyl (C=O) groups excluding carboxylic acids is 2. The fraction of sp³-hybridized carbons (Fsp3) is 0.650. The molecule has 2 fully saturated rings. The Bertz CT molecular complexity index is 1440. The van der Waals surface area contributed by atoms with Crippen molar-refractivity contribution in [2.45, 2.75) is 106 Å². The molecule has 1 aliphatic heterocycles. The molecule has 1 aromatic carbocycles. The molecule has 0 saturated heterocycles. The molecule has 7 heteroatoms. The molecule has 6 nitrogen and oxygen atoms in total. The minimum absolute atomic E-state index is 0.0187. The SMILES string of the molecule is CCN(CC)CCNC(=O)c1c(C2CC(C)CCC2C(C)C)[nH]c(C=C2C(=O)N(F)c3ccccc32)c1C1CC(C)CCC1C(C)C. The average molecular weight is 647 g/mol. The number of fused-ring (bicyclic) bond motifs is 1. The summed E-state index contributed by atoms with van der Waals surface area (Å²) in [6.45, 7) is 21.5. The molecule has 2 amide bonds. The highest BCUT2D eigenvalue weighted by atomic mass is 19.2. The van der Waals surface area contributed by atoms with Crippen LogP contribution in [0.15, 0.2) is 24.3 Å². The number of hydrogen-bond acceptors (Lipinski definition) is 3. The zero-order valence-electron chi connectivity index (χ0n) is 30.2. The number of aromatic nitrogens is 1. The van der Waals surface area contributed by atoms with Gasteiger partial charge >= 0.3 is 0 Å². The van der Waals surface area contributed by atoms with E-state index in [2.05, 4.69) is 70.6 Å². The third-order valence-corrected chi connectivity index (χ3v) is 11.8. The number of anilines is 1. The Morgan fingerprint density at radius 2 is 1.57 bits per heavy atom. The van der Waals surface area contributed by atoms with E-state index in [1.165, 1.54) is 12.8 Å². The van der Waals surface area contributed by atoms with Crippen LogP contribution in [-0.2, 0) is 4.79 Å². The second-order valence-corrected chi connectivity index (χ2v) is 15.6. The number of likely N-dealkylation sites (N-methyl/N-ethyl adjacent to an activating group) is 1. The summed E-state index contributed by atoms with van der Waals surface area (Å²) in [5.74, 6) is 2.55. The summed E-state index contributed by atoms with van der Waals surface area (Å²) in [6, 6.07) is 7.08. The first-order valence-corrected chi connectivity index (χ1v) is 18.5. The number of nitrogens with zero attached hydrogens (tertiary/aromatic N) is 2. The van der Waals surface area contributed by atoms with E-state index in [0.717, 1.165) is 67.8 Å². The molecule has 0 bridgehead atoms. The molecule has 2 aromatic rings. The Labute approximate surface area is 282 Å². The van der Waals surface area contributed by atoms with Gasteiger partial charge in [-0.25, -0.2) is 0 Å². The number of halogens is 1. The lowest BCUT2D eigenvalue weighted by atomic mass is 9.65. The fourth-order valence-corrected chi connectivity index (χ4v) is 9.09. The number of aromatic amines is 1. The highest BCUT2D eigenvalue weighted by Gasteiger charge is 2.42. The van der Waals surface area contributed by atoms with Crippen LogP contribution in [0.3, 0.4) is 0 Å². The zero-order valence-corrected chi connectivity index (χ0v) is 30.2. The summed E-state index contributed by atoms with van der Waals surface area (Å²) >= 11 is 0. The van der Waals surface area contributed by atoms with Crippen molar-refractivity contribution in [3.8, 4) is 0 Å². The predicted octanol–water partition coefficient (Wildman–Crippen LogP) is 9.21. The van der Waals surface area contributed by atoms with Crippen molar-refractivity contribution < 1.29 is 14.1 Å². The number of H-pyrrole nitrogens is 1. The van der Waals surface area contributed by atoms with Crippen molar-refractivity contribution in [3.63, 3.8) is 0 Å². The molecular formula is C40H59FN4O2. The summed E-state index contributed by atoms with van der Waals surface area (Å²) in [6.07, 6.45) is 8.50. The van der Waals surface area contributed by atoms with Gasteiger partial charge in [-0.15, -0.1) is 5.12 Å². The number of para-hydroxylation sites is 1. The molecule has 0 spiro atoms. The number of amides is 2. The molecule has 47 heavy (non-hydrogen) atoms. The summed E-state index contributed by atoms with van der Waals surface area (Å²) in [5, 5.41) is 3.62. The quantitative estimate of drug-likeness (QED) is 0.189. The standard InChI is InChI=1S/C40H59FN4O2/c1-9-44(10-2)20-19-42-39(46)37-36(31-21-26(7)15-17-28(31)24(3)4)34(23-33-30-13-11-12-14-35(30)45(41)40(33)47)43-38(37)32-22-27(8)16-18-29(32)25(5)6/h11-14,23-29,31-32,43H,9-10,15-22H2,1-8H3,(H,42,46). The van der Waals surface area contributed by atoms with Gasteiger partial charge in [0.1, 0.15) is 0 Å². The Morgan fingerprint density at radius 3 is 2.19 bits per heavy atom. The number of benzene rings is 1. The number of hydrogen-bond donors (Lipinski definition) is 2.